The van der Waals surface area contributed by atoms with Gasteiger partial charge in [0.15, 0.2) is 0 Å². The topological polar surface area (TPSA) is 72.5 Å². The molecular formula is C16H22N4O3. The van der Waals surface area contributed by atoms with Gasteiger partial charge in [0.2, 0.25) is 5.91 Å². The zero-order valence-corrected chi connectivity index (χ0v) is 13.7. The van der Waals surface area contributed by atoms with E-state index in [1.54, 1.807) is 24.1 Å². The first kappa shape index (κ1) is 15.8. The average Bonchev–Trinajstić information content (AvgIpc) is 3.21. The Morgan fingerprint density at radius 1 is 1.48 bits per heavy atom. The summed E-state index contributed by atoms with van der Waals surface area (Å²) in [5, 5.41) is 7.21. The van der Waals surface area contributed by atoms with Crippen LogP contribution in [-0.4, -0.2) is 53.4 Å². The van der Waals surface area contributed by atoms with Gasteiger partial charge >= 0.3 is 0 Å². The molecule has 2 atom stereocenters. The smallest absolute Gasteiger partial charge is 0.242 e. The fourth-order valence-electron chi connectivity index (χ4n) is 2.92. The number of aromatic nitrogens is 2. The number of hydrogen-bond acceptors (Lipinski definition) is 5. The first-order valence-corrected chi connectivity index (χ1v) is 7.68. The van der Waals surface area contributed by atoms with Crippen molar-refractivity contribution in [3.63, 3.8) is 0 Å². The summed E-state index contributed by atoms with van der Waals surface area (Å²) >= 11 is 0. The van der Waals surface area contributed by atoms with E-state index in [9.17, 15) is 4.79 Å². The van der Waals surface area contributed by atoms with Gasteiger partial charge in [-0.15, -0.1) is 0 Å². The second-order valence-electron chi connectivity index (χ2n) is 5.92. The van der Waals surface area contributed by atoms with E-state index in [2.05, 4.69) is 10.4 Å². The lowest BCUT2D eigenvalue weighted by Gasteiger charge is -2.18. The lowest BCUT2D eigenvalue weighted by Crippen LogP contribution is -2.37. The Bertz CT molecular complexity index is 678. The number of rotatable bonds is 5. The number of anilines is 1. The van der Waals surface area contributed by atoms with Crippen molar-refractivity contribution < 1.29 is 13.9 Å². The molecule has 0 saturated carbocycles. The summed E-state index contributed by atoms with van der Waals surface area (Å²) in [6, 6.07) is 5.43. The number of hydrogen-bond donors (Lipinski definition) is 1. The number of aryl methyl sites for hydroxylation is 1. The number of nitrogens with zero attached hydrogens (tertiary/aromatic N) is 3. The van der Waals surface area contributed by atoms with Crippen molar-refractivity contribution in [1.82, 2.24) is 14.7 Å². The van der Waals surface area contributed by atoms with Gasteiger partial charge < -0.3 is 14.5 Å². The lowest BCUT2D eigenvalue weighted by atomic mass is 10.2. The Hall–Kier alpha value is -2.12. The quantitative estimate of drug-likeness (QED) is 0.904. The Balaban J connectivity index is 1.66. The molecule has 2 aromatic heterocycles. The first-order valence-electron chi connectivity index (χ1n) is 7.68. The van der Waals surface area contributed by atoms with Crippen LogP contribution in [0.3, 0.4) is 0 Å². The lowest BCUT2D eigenvalue weighted by molar-refractivity contribution is -0.120. The summed E-state index contributed by atoms with van der Waals surface area (Å²) in [6.07, 6.45) is 2.47. The molecule has 1 aliphatic heterocycles. The van der Waals surface area contributed by atoms with Gasteiger partial charge in [-0.05, 0) is 32.5 Å². The summed E-state index contributed by atoms with van der Waals surface area (Å²) in [5.41, 5.74) is 0. The van der Waals surface area contributed by atoms with Crippen LogP contribution >= 0.6 is 0 Å². The minimum Gasteiger partial charge on any atom is -0.464 e. The molecule has 0 unspecified atom stereocenters. The number of amides is 1. The van der Waals surface area contributed by atoms with Gasteiger partial charge in [-0.25, -0.2) is 4.68 Å². The van der Waals surface area contributed by atoms with E-state index in [0.29, 0.717) is 18.8 Å². The third-order valence-electron chi connectivity index (χ3n) is 4.22. The van der Waals surface area contributed by atoms with Crippen molar-refractivity contribution in [3.8, 4) is 0 Å². The molecule has 0 radical (unpaired) electrons. The Morgan fingerprint density at radius 2 is 2.30 bits per heavy atom. The van der Waals surface area contributed by atoms with Crippen LogP contribution in [0, 0.1) is 6.92 Å². The summed E-state index contributed by atoms with van der Waals surface area (Å²) in [6.45, 7) is 3.15. The minimum absolute atomic E-state index is 0.0376. The van der Waals surface area contributed by atoms with Crippen molar-refractivity contribution in [3.05, 3.63) is 35.9 Å². The second kappa shape index (κ2) is 6.55. The predicted octanol–water partition coefficient (Wildman–Crippen LogP) is 1.49. The molecule has 1 N–H and O–H groups in total. The molecule has 1 fully saturated rings. The Morgan fingerprint density at radius 3 is 2.96 bits per heavy atom. The van der Waals surface area contributed by atoms with E-state index < -0.39 is 0 Å². The van der Waals surface area contributed by atoms with Crippen molar-refractivity contribution >= 4 is 11.7 Å². The van der Waals surface area contributed by atoms with E-state index in [4.69, 9.17) is 9.15 Å². The number of carbonyl (C=O) groups is 1. The SMILES string of the molecule is CO[C@H]1C[C@@H](C(=O)Nc2ccnn2Cc2ccc(C)o2)N(C)C1. The number of likely N-dealkylation sites (tertiary alicyclic amines) is 1. The fourth-order valence-corrected chi connectivity index (χ4v) is 2.92. The van der Waals surface area contributed by atoms with Crippen molar-refractivity contribution in [1.29, 1.82) is 0 Å². The van der Waals surface area contributed by atoms with Gasteiger partial charge in [0, 0.05) is 19.7 Å². The van der Waals surface area contributed by atoms with Crippen LogP contribution in [0.5, 0.6) is 0 Å². The molecule has 3 heterocycles. The second-order valence-corrected chi connectivity index (χ2v) is 5.92. The maximum atomic E-state index is 12.5. The van der Waals surface area contributed by atoms with E-state index in [-0.39, 0.29) is 18.1 Å². The maximum Gasteiger partial charge on any atom is 0.242 e. The highest BCUT2D eigenvalue weighted by atomic mass is 16.5. The van der Waals surface area contributed by atoms with Crippen molar-refractivity contribution in [2.24, 2.45) is 0 Å². The molecule has 0 bridgehead atoms. The van der Waals surface area contributed by atoms with E-state index in [1.807, 2.05) is 31.0 Å². The van der Waals surface area contributed by atoms with Crippen LogP contribution in [0.2, 0.25) is 0 Å². The predicted molar refractivity (Wildman–Crippen MR) is 85.2 cm³/mol. The highest BCUT2D eigenvalue weighted by Gasteiger charge is 2.34. The highest BCUT2D eigenvalue weighted by Crippen LogP contribution is 2.20. The molecule has 124 valence electrons. The molecule has 23 heavy (non-hydrogen) atoms. The van der Waals surface area contributed by atoms with Gasteiger partial charge in [-0.1, -0.05) is 0 Å². The van der Waals surface area contributed by atoms with Gasteiger partial charge in [0.05, 0.1) is 18.3 Å². The van der Waals surface area contributed by atoms with Crippen LogP contribution in [-0.2, 0) is 16.1 Å². The molecule has 0 spiro atoms. The molecule has 3 rings (SSSR count). The third-order valence-corrected chi connectivity index (χ3v) is 4.22. The molecule has 0 aromatic carbocycles. The van der Waals surface area contributed by atoms with E-state index in [1.165, 1.54) is 0 Å². The Labute approximate surface area is 135 Å². The van der Waals surface area contributed by atoms with Crippen LogP contribution in [0.1, 0.15) is 17.9 Å². The first-order chi connectivity index (χ1) is 11.1. The maximum absolute atomic E-state index is 12.5. The monoisotopic (exact) mass is 318 g/mol. The van der Waals surface area contributed by atoms with E-state index >= 15 is 0 Å². The zero-order valence-electron chi connectivity index (χ0n) is 13.7. The molecular weight excluding hydrogens is 296 g/mol. The third kappa shape index (κ3) is 3.46. The molecule has 7 heteroatoms. The summed E-state index contributed by atoms with van der Waals surface area (Å²) in [5.74, 6) is 2.29. The van der Waals surface area contributed by atoms with Gasteiger partial charge in [-0.2, -0.15) is 5.10 Å². The number of ether oxygens (including phenoxy) is 1. The van der Waals surface area contributed by atoms with Crippen molar-refractivity contribution in [2.75, 3.05) is 26.0 Å². The average molecular weight is 318 g/mol. The Kier molecular flexibility index (Phi) is 4.49. The number of methoxy groups -OCH3 is 1. The molecule has 2 aromatic rings. The van der Waals surface area contributed by atoms with E-state index in [0.717, 1.165) is 18.1 Å². The van der Waals surface area contributed by atoms with Crippen LogP contribution in [0.15, 0.2) is 28.8 Å². The molecule has 0 aliphatic carbocycles. The fraction of sp³-hybridized carbons (Fsp3) is 0.500. The molecule has 1 amide bonds. The summed E-state index contributed by atoms with van der Waals surface area (Å²) in [7, 11) is 3.62. The number of likely N-dealkylation sites (N-methyl/N-ethyl adjacent to an activating group) is 1. The molecule has 7 nitrogen and oxygen atoms in total. The van der Waals surface area contributed by atoms with Crippen molar-refractivity contribution in [2.45, 2.75) is 32.0 Å². The number of nitrogens with one attached hydrogen (secondary N) is 1. The zero-order chi connectivity index (χ0) is 16.4. The largest absolute Gasteiger partial charge is 0.464 e. The number of carbonyl (C=O) groups excluding carboxylic acids is 1. The summed E-state index contributed by atoms with van der Waals surface area (Å²) < 4.78 is 12.6. The number of furan rings is 1. The van der Waals surface area contributed by atoms with Crippen LogP contribution < -0.4 is 5.32 Å². The molecule has 1 aliphatic rings. The standard InChI is InChI=1S/C16H22N4O3/c1-11-4-5-12(23-11)10-20-15(6-7-17-20)18-16(21)14-8-13(22-3)9-19(14)2/h4-7,13-14H,8-10H2,1-3H3,(H,18,21)/t13-,14-/m0/s1. The van der Waals surface area contributed by atoms with Crippen LogP contribution in [0.25, 0.3) is 0 Å². The highest BCUT2D eigenvalue weighted by molar-refractivity contribution is 5.94. The van der Waals surface area contributed by atoms with Crippen LogP contribution in [0.4, 0.5) is 5.82 Å². The normalized spacial score (nSPS) is 21.7. The van der Waals surface area contributed by atoms with Gasteiger partial charge in [0.25, 0.3) is 0 Å². The summed E-state index contributed by atoms with van der Waals surface area (Å²) in [4.78, 5) is 14.5. The molecule has 1 saturated heterocycles. The minimum atomic E-state index is -0.186. The van der Waals surface area contributed by atoms with Gasteiger partial charge in [0.1, 0.15) is 23.9 Å². The van der Waals surface area contributed by atoms with Gasteiger partial charge in [-0.3, -0.25) is 9.69 Å².